The molecule has 4 heteroatoms. The van der Waals surface area contributed by atoms with Gasteiger partial charge in [-0.2, -0.15) is 0 Å². The number of hydrogen-bond acceptors (Lipinski definition) is 2. The molecule has 18 heavy (non-hydrogen) atoms. The summed E-state index contributed by atoms with van der Waals surface area (Å²) in [6.07, 6.45) is 1.95. The van der Waals surface area contributed by atoms with Gasteiger partial charge in [0, 0.05) is 23.7 Å². The molecular weight excluding hydrogens is 250 g/mol. The lowest BCUT2D eigenvalue weighted by Gasteiger charge is -2.22. The van der Waals surface area contributed by atoms with Crippen LogP contribution in [-0.2, 0) is 0 Å². The first-order valence-corrected chi connectivity index (χ1v) is 6.64. The van der Waals surface area contributed by atoms with Crippen LogP contribution in [0.25, 0.3) is 0 Å². The minimum Gasteiger partial charge on any atom is -0.395 e. The highest BCUT2D eigenvalue weighted by Crippen LogP contribution is 2.20. The van der Waals surface area contributed by atoms with E-state index in [0.29, 0.717) is 23.7 Å². The van der Waals surface area contributed by atoms with Crippen molar-refractivity contribution >= 4 is 17.5 Å². The summed E-state index contributed by atoms with van der Waals surface area (Å²) in [6.45, 7) is 4.93. The molecule has 0 fully saturated rings. The van der Waals surface area contributed by atoms with E-state index in [1.165, 1.54) is 0 Å². The standard InChI is InChI=1S/C14H20ClNO2/c1-3-4-8-16(9-10-17)14(18)12-6-5-7-13(15)11(12)2/h5-7,17H,3-4,8-10H2,1-2H3. The van der Waals surface area contributed by atoms with Crippen LogP contribution in [-0.4, -0.2) is 35.6 Å². The summed E-state index contributed by atoms with van der Waals surface area (Å²) in [4.78, 5) is 14.1. The summed E-state index contributed by atoms with van der Waals surface area (Å²) in [5.41, 5.74) is 1.41. The molecule has 3 nitrogen and oxygen atoms in total. The van der Waals surface area contributed by atoms with Crippen LogP contribution in [0.15, 0.2) is 18.2 Å². The highest BCUT2D eigenvalue weighted by Gasteiger charge is 2.17. The maximum absolute atomic E-state index is 12.4. The molecule has 0 bridgehead atoms. The molecule has 0 spiro atoms. The number of amides is 1. The van der Waals surface area contributed by atoms with Gasteiger partial charge in [-0.05, 0) is 31.0 Å². The molecule has 1 aromatic carbocycles. The molecule has 100 valence electrons. The summed E-state index contributed by atoms with van der Waals surface area (Å²) in [5, 5.41) is 9.63. The molecule has 1 aromatic rings. The third-order valence-corrected chi connectivity index (χ3v) is 3.35. The molecule has 1 N–H and O–H groups in total. The van der Waals surface area contributed by atoms with Gasteiger partial charge in [-0.15, -0.1) is 0 Å². The average molecular weight is 270 g/mol. The fraction of sp³-hybridized carbons (Fsp3) is 0.500. The first-order valence-electron chi connectivity index (χ1n) is 6.27. The van der Waals surface area contributed by atoms with Crippen molar-refractivity contribution in [1.29, 1.82) is 0 Å². The largest absolute Gasteiger partial charge is 0.395 e. The minimum atomic E-state index is -0.0579. The normalized spacial score (nSPS) is 10.4. The van der Waals surface area contributed by atoms with Crippen LogP contribution in [0, 0.1) is 6.92 Å². The van der Waals surface area contributed by atoms with Gasteiger partial charge in [0.25, 0.3) is 5.91 Å². The van der Waals surface area contributed by atoms with Crippen LogP contribution in [0.4, 0.5) is 0 Å². The molecule has 0 saturated heterocycles. The minimum absolute atomic E-state index is 0.0188. The average Bonchev–Trinajstić information content (AvgIpc) is 2.37. The Balaban J connectivity index is 2.90. The fourth-order valence-electron chi connectivity index (χ4n) is 1.79. The Kier molecular flexibility index (Phi) is 6.16. The Hall–Kier alpha value is -1.06. The van der Waals surface area contributed by atoms with Crippen molar-refractivity contribution in [2.24, 2.45) is 0 Å². The zero-order valence-corrected chi connectivity index (χ0v) is 11.7. The summed E-state index contributed by atoms with van der Waals surface area (Å²) in [7, 11) is 0. The zero-order chi connectivity index (χ0) is 13.5. The van der Waals surface area contributed by atoms with Crippen LogP contribution in [0.3, 0.4) is 0 Å². The topological polar surface area (TPSA) is 40.5 Å². The number of carbonyl (C=O) groups is 1. The number of aliphatic hydroxyl groups excluding tert-OH is 1. The van der Waals surface area contributed by atoms with Gasteiger partial charge in [-0.3, -0.25) is 4.79 Å². The van der Waals surface area contributed by atoms with Gasteiger partial charge in [0.05, 0.1) is 6.61 Å². The van der Waals surface area contributed by atoms with E-state index in [9.17, 15) is 4.79 Å². The maximum Gasteiger partial charge on any atom is 0.254 e. The van der Waals surface area contributed by atoms with Crippen LogP contribution in [0.2, 0.25) is 5.02 Å². The lowest BCUT2D eigenvalue weighted by Crippen LogP contribution is -2.34. The summed E-state index contributed by atoms with van der Waals surface area (Å²) >= 11 is 6.02. The first-order chi connectivity index (χ1) is 8.61. The number of carbonyl (C=O) groups excluding carboxylic acids is 1. The molecule has 1 amide bonds. The van der Waals surface area contributed by atoms with Gasteiger partial charge in [-0.25, -0.2) is 0 Å². The van der Waals surface area contributed by atoms with Gasteiger partial charge in [-0.1, -0.05) is 31.0 Å². The van der Waals surface area contributed by atoms with E-state index < -0.39 is 0 Å². The Morgan fingerprint density at radius 3 is 2.72 bits per heavy atom. The van der Waals surface area contributed by atoms with Crippen molar-refractivity contribution in [3.05, 3.63) is 34.3 Å². The predicted molar refractivity (Wildman–Crippen MR) is 74.1 cm³/mol. The van der Waals surface area contributed by atoms with E-state index in [1.807, 2.05) is 6.92 Å². The van der Waals surface area contributed by atoms with Crippen LogP contribution in [0.1, 0.15) is 35.7 Å². The third kappa shape index (κ3) is 3.72. The van der Waals surface area contributed by atoms with Gasteiger partial charge in [0.2, 0.25) is 0 Å². The number of benzene rings is 1. The smallest absolute Gasteiger partial charge is 0.254 e. The molecular formula is C14H20ClNO2. The molecule has 0 aliphatic carbocycles. The highest BCUT2D eigenvalue weighted by molar-refractivity contribution is 6.31. The van der Waals surface area contributed by atoms with E-state index >= 15 is 0 Å². The Morgan fingerprint density at radius 2 is 2.11 bits per heavy atom. The van der Waals surface area contributed by atoms with Gasteiger partial charge in [0.1, 0.15) is 0 Å². The number of unbranched alkanes of at least 4 members (excludes halogenated alkanes) is 1. The van der Waals surface area contributed by atoms with Crippen molar-refractivity contribution in [3.8, 4) is 0 Å². The Labute approximate surface area is 113 Å². The molecule has 0 atom stereocenters. The molecule has 0 aromatic heterocycles. The van der Waals surface area contributed by atoms with Gasteiger partial charge >= 0.3 is 0 Å². The summed E-state index contributed by atoms with van der Waals surface area (Å²) < 4.78 is 0. The molecule has 1 rings (SSSR count). The predicted octanol–water partition coefficient (Wildman–Crippen LogP) is 2.88. The van der Waals surface area contributed by atoms with Crippen molar-refractivity contribution in [1.82, 2.24) is 4.90 Å². The van der Waals surface area contributed by atoms with E-state index in [2.05, 4.69) is 6.92 Å². The van der Waals surface area contributed by atoms with Crippen LogP contribution >= 0.6 is 11.6 Å². The molecule has 0 radical (unpaired) electrons. The van der Waals surface area contributed by atoms with E-state index in [0.717, 1.165) is 18.4 Å². The number of hydrogen-bond donors (Lipinski definition) is 1. The Morgan fingerprint density at radius 1 is 1.39 bits per heavy atom. The van der Waals surface area contributed by atoms with E-state index in [4.69, 9.17) is 16.7 Å². The molecule has 0 unspecified atom stereocenters. The lowest BCUT2D eigenvalue weighted by atomic mass is 10.1. The number of aliphatic hydroxyl groups is 1. The second kappa shape index (κ2) is 7.39. The van der Waals surface area contributed by atoms with Crippen LogP contribution in [0.5, 0.6) is 0 Å². The number of rotatable bonds is 6. The highest BCUT2D eigenvalue weighted by atomic mass is 35.5. The number of nitrogens with zero attached hydrogens (tertiary/aromatic N) is 1. The summed E-state index contributed by atoms with van der Waals surface area (Å²) in [5.74, 6) is -0.0579. The van der Waals surface area contributed by atoms with Gasteiger partial charge < -0.3 is 10.0 Å². The lowest BCUT2D eigenvalue weighted by molar-refractivity contribution is 0.0718. The Bertz CT molecular complexity index is 407. The van der Waals surface area contributed by atoms with Crippen molar-refractivity contribution < 1.29 is 9.90 Å². The van der Waals surface area contributed by atoms with Crippen LogP contribution < -0.4 is 0 Å². The monoisotopic (exact) mass is 269 g/mol. The van der Waals surface area contributed by atoms with Gasteiger partial charge in [0.15, 0.2) is 0 Å². The van der Waals surface area contributed by atoms with E-state index in [1.54, 1.807) is 23.1 Å². The van der Waals surface area contributed by atoms with E-state index in [-0.39, 0.29) is 12.5 Å². The SMILES string of the molecule is CCCCN(CCO)C(=O)c1cccc(Cl)c1C. The molecule has 0 heterocycles. The molecule has 0 saturated carbocycles. The van der Waals surface area contributed by atoms with Crippen molar-refractivity contribution in [2.45, 2.75) is 26.7 Å². The maximum atomic E-state index is 12.4. The summed E-state index contributed by atoms with van der Waals surface area (Å²) in [6, 6.07) is 5.33. The first kappa shape index (κ1) is 15.0. The fourth-order valence-corrected chi connectivity index (χ4v) is 1.97. The molecule has 0 aliphatic rings. The third-order valence-electron chi connectivity index (χ3n) is 2.94. The zero-order valence-electron chi connectivity index (χ0n) is 10.9. The number of halogens is 1. The molecule has 0 aliphatic heterocycles. The second-order valence-electron chi connectivity index (χ2n) is 4.28. The quantitative estimate of drug-likeness (QED) is 0.863. The van der Waals surface area contributed by atoms with Crippen molar-refractivity contribution in [3.63, 3.8) is 0 Å². The van der Waals surface area contributed by atoms with Crippen molar-refractivity contribution in [2.75, 3.05) is 19.7 Å². The second-order valence-corrected chi connectivity index (χ2v) is 4.69.